The third-order valence-corrected chi connectivity index (χ3v) is 4.95. The fourth-order valence-electron chi connectivity index (χ4n) is 3.59. The summed E-state index contributed by atoms with van der Waals surface area (Å²) in [6, 6.07) is 10.3. The molecule has 4 heteroatoms. The molecule has 104 valence electrons. The van der Waals surface area contributed by atoms with Crippen LogP contribution < -0.4 is 0 Å². The molecule has 0 radical (unpaired) electrons. The highest BCUT2D eigenvalue weighted by molar-refractivity contribution is 5.79. The van der Waals surface area contributed by atoms with Crippen molar-refractivity contribution in [3.05, 3.63) is 35.9 Å². The Bertz CT molecular complexity index is 542. The van der Waals surface area contributed by atoms with Crippen LogP contribution in [0.1, 0.15) is 37.3 Å². The highest BCUT2D eigenvalue weighted by Gasteiger charge is 2.50. The van der Waals surface area contributed by atoms with Gasteiger partial charge in [-0.1, -0.05) is 36.8 Å². The van der Waals surface area contributed by atoms with Gasteiger partial charge in [0.15, 0.2) is 0 Å². The monoisotopic (exact) mass is 269 g/mol. The molecule has 0 aromatic heterocycles. The molecule has 4 nitrogen and oxygen atoms in total. The number of rotatable bonds is 1. The molecule has 1 unspecified atom stereocenters. The summed E-state index contributed by atoms with van der Waals surface area (Å²) in [6.45, 7) is 1.86. The molecule has 2 amide bonds. The van der Waals surface area contributed by atoms with Crippen molar-refractivity contribution in [2.75, 3.05) is 13.1 Å². The summed E-state index contributed by atoms with van der Waals surface area (Å²) in [5.74, 6) is 0. The zero-order valence-corrected chi connectivity index (χ0v) is 11.5. The first-order chi connectivity index (χ1) is 9.77. The third-order valence-electron chi connectivity index (χ3n) is 4.95. The summed E-state index contributed by atoms with van der Waals surface area (Å²) in [4.78, 5) is 14.5. The number of carbonyl (C=O) groups is 1. The van der Waals surface area contributed by atoms with Gasteiger partial charge < -0.3 is 4.90 Å². The summed E-state index contributed by atoms with van der Waals surface area (Å²) in [6.07, 6.45) is 6.59. The van der Waals surface area contributed by atoms with Gasteiger partial charge in [-0.25, -0.2) is 9.80 Å². The lowest BCUT2D eigenvalue weighted by Gasteiger charge is -2.56. The van der Waals surface area contributed by atoms with Crippen molar-refractivity contribution in [3.63, 3.8) is 0 Å². The van der Waals surface area contributed by atoms with E-state index in [2.05, 4.69) is 17.2 Å². The molecule has 1 saturated heterocycles. The zero-order chi connectivity index (χ0) is 13.6. The zero-order valence-electron chi connectivity index (χ0n) is 11.5. The average Bonchev–Trinajstić information content (AvgIpc) is 2.85. The summed E-state index contributed by atoms with van der Waals surface area (Å²) in [5.41, 5.74) is 1.64. The molecule has 2 aliphatic heterocycles. The smallest absolute Gasteiger partial charge is 0.322 e. The van der Waals surface area contributed by atoms with Crippen molar-refractivity contribution >= 4 is 12.2 Å². The van der Waals surface area contributed by atoms with Crippen molar-refractivity contribution < 1.29 is 4.79 Å². The molecule has 4 rings (SSSR count). The lowest BCUT2D eigenvalue weighted by atomic mass is 9.64. The first-order valence-corrected chi connectivity index (χ1v) is 7.43. The number of amides is 2. The number of urea groups is 1. The molecule has 1 aromatic rings. The van der Waals surface area contributed by atoms with Crippen LogP contribution in [0, 0.1) is 5.41 Å². The van der Waals surface area contributed by atoms with E-state index in [1.165, 1.54) is 19.3 Å². The van der Waals surface area contributed by atoms with Crippen LogP contribution in [-0.2, 0) is 0 Å². The minimum atomic E-state index is 0.0710. The van der Waals surface area contributed by atoms with Crippen LogP contribution in [0.4, 0.5) is 4.79 Å². The van der Waals surface area contributed by atoms with E-state index in [0.29, 0.717) is 5.41 Å². The molecule has 0 N–H and O–H groups in total. The Labute approximate surface area is 119 Å². The fourth-order valence-corrected chi connectivity index (χ4v) is 3.59. The van der Waals surface area contributed by atoms with Gasteiger partial charge in [0.2, 0.25) is 0 Å². The van der Waals surface area contributed by atoms with E-state index in [4.69, 9.17) is 0 Å². The molecule has 1 atom stereocenters. The Balaban J connectivity index is 1.47. The first-order valence-electron chi connectivity index (χ1n) is 7.43. The summed E-state index contributed by atoms with van der Waals surface area (Å²) in [5, 5.41) is 5.97. The van der Waals surface area contributed by atoms with Crippen LogP contribution in [0.3, 0.4) is 0 Å². The SMILES string of the molecule is O=C(N1CC2(CCC2)C1)N1N=CCC1c1ccccc1. The molecule has 1 spiro atoms. The lowest BCUT2D eigenvalue weighted by molar-refractivity contribution is -0.0424. The van der Waals surface area contributed by atoms with Gasteiger partial charge in [0, 0.05) is 31.1 Å². The molecule has 2 heterocycles. The summed E-state index contributed by atoms with van der Waals surface area (Å²) < 4.78 is 0. The standard InChI is InChI=1S/C16H19N3O/c20-15(18-11-16(12-18)8-4-9-16)19-14(7-10-17-19)13-5-2-1-3-6-13/h1-3,5-6,10,14H,4,7-9,11-12H2. The van der Waals surface area contributed by atoms with Crippen LogP contribution in [0.15, 0.2) is 35.4 Å². The number of carbonyl (C=O) groups excluding carboxylic acids is 1. The van der Waals surface area contributed by atoms with Gasteiger partial charge in [-0.3, -0.25) is 0 Å². The van der Waals surface area contributed by atoms with Crippen LogP contribution in [-0.4, -0.2) is 35.2 Å². The molecule has 2 fully saturated rings. The van der Waals surface area contributed by atoms with E-state index >= 15 is 0 Å². The maximum atomic E-state index is 12.6. The highest BCUT2D eigenvalue weighted by atomic mass is 16.2. The number of hydrogen-bond donors (Lipinski definition) is 0. The maximum Gasteiger partial charge on any atom is 0.341 e. The number of nitrogens with zero attached hydrogens (tertiary/aromatic N) is 3. The molecular formula is C16H19N3O. The van der Waals surface area contributed by atoms with Gasteiger partial charge in [0.1, 0.15) is 0 Å². The van der Waals surface area contributed by atoms with Crippen LogP contribution in [0.5, 0.6) is 0 Å². The van der Waals surface area contributed by atoms with E-state index in [9.17, 15) is 4.79 Å². The van der Waals surface area contributed by atoms with Gasteiger partial charge in [-0.05, 0) is 18.4 Å². The minimum Gasteiger partial charge on any atom is -0.322 e. The maximum absolute atomic E-state index is 12.6. The number of hydrogen-bond acceptors (Lipinski definition) is 2. The lowest BCUT2D eigenvalue weighted by Crippen LogP contribution is -2.63. The van der Waals surface area contributed by atoms with Gasteiger partial charge in [0.05, 0.1) is 6.04 Å². The van der Waals surface area contributed by atoms with E-state index in [1.807, 2.05) is 29.3 Å². The van der Waals surface area contributed by atoms with E-state index in [0.717, 1.165) is 25.1 Å². The predicted molar refractivity (Wildman–Crippen MR) is 77.4 cm³/mol. The van der Waals surface area contributed by atoms with Crippen LogP contribution in [0.25, 0.3) is 0 Å². The minimum absolute atomic E-state index is 0.0710. The van der Waals surface area contributed by atoms with Crippen LogP contribution in [0.2, 0.25) is 0 Å². The molecule has 1 saturated carbocycles. The van der Waals surface area contributed by atoms with Crippen molar-refractivity contribution in [2.45, 2.75) is 31.7 Å². The predicted octanol–water partition coefficient (Wildman–Crippen LogP) is 3.03. The van der Waals surface area contributed by atoms with Crippen LogP contribution >= 0.6 is 0 Å². The van der Waals surface area contributed by atoms with E-state index in [-0.39, 0.29) is 12.1 Å². The average molecular weight is 269 g/mol. The second kappa shape index (κ2) is 4.33. The molecule has 1 aliphatic carbocycles. The van der Waals surface area contributed by atoms with E-state index < -0.39 is 0 Å². The van der Waals surface area contributed by atoms with Crippen molar-refractivity contribution in [2.24, 2.45) is 10.5 Å². The van der Waals surface area contributed by atoms with Crippen molar-refractivity contribution in [1.29, 1.82) is 0 Å². The Morgan fingerprint density at radius 2 is 1.95 bits per heavy atom. The van der Waals surface area contributed by atoms with Gasteiger partial charge in [-0.15, -0.1) is 0 Å². The summed E-state index contributed by atoms with van der Waals surface area (Å²) >= 11 is 0. The fraction of sp³-hybridized carbons (Fsp3) is 0.500. The Morgan fingerprint density at radius 3 is 2.60 bits per heavy atom. The van der Waals surface area contributed by atoms with Crippen molar-refractivity contribution in [3.8, 4) is 0 Å². The topological polar surface area (TPSA) is 35.9 Å². The van der Waals surface area contributed by atoms with Gasteiger partial charge >= 0.3 is 6.03 Å². The molecule has 0 bridgehead atoms. The number of likely N-dealkylation sites (tertiary alicyclic amines) is 1. The quantitative estimate of drug-likeness (QED) is 0.772. The normalized spacial score (nSPS) is 26.5. The number of benzene rings is 1. The Hall–Kier alpha value is -1.84. The first kappa shape index (κ1) is 11.9. The Morgan fingerprint density at radius 1 is 1.20 bits per heavy atom. The summed E-state index contributed by atoms with van der Waals surface area (Å²) in [7, 11) is 0. The van der Waals surface area contributed by atoms with Gasteiger partial charge in [0.25, 0.3) is 0 Å². The van der Waals surface area contributed by atoms with Gasteiger partial charge in [-0.2, -0.15) is 5.10 Å². The molecule has 3 aliphatic rings. The Kier molecular flexibility index (Phi) is 2.59. The second-order valence-electron chi connectivity index (χ2n) is 6.30. The third kappa shape index (κ3) is 1.74. The number of hydrazone groups is 1. The molecule has 1 aromatic carbocycles. The van der Waals surface area contributed by atoms with E-state index in [1.54, 1.807) is 5.01 Å². The largest absolute Gasteiger partial charge is 0.341 e. The van der Waals surface area contributed by atoms with Crippen molar-refractivity contribution in [1.82, 2.24) is 9.91 Å². The second-order valence-corrected chi connectivity index (χ2v) is 6.30. The highest BCUT2D eigenvalue weighted by Crippen LogP contribution is 2.48. The molecular weight excluding hydrogens is 250 g/mol. The molecule has 20 heavy (non-hydrogen) atoms.